The number of nitrogens with one attached hydrogen (secondary N) is 1. The van der Waals surface area contributed by atoms with Gasteiger partial charge < -0.3 is 21.9 Å². The first-order valence-electron chi connectivity index (χ1n) is 3.62. The van der Waals surface area contributed by atoms with Crippen LogP contribution in [-0.4, -0.2) is 24.8 Å². The van der Waals surface area contributed by atoms with Crippen molar-refractivity contribution < 1.29 is 9.53 Å². The number of amides is 1. The van der Waals surface area contributed by atoms with Gasteiger partial charge in [-0.3, -0.25) is 0 Å². The van der Waals surface area contributed by atoms with Gasteiger partial charge in [-0.1, -0.05) is 0 Å². The monoisotopic (exact) mass is 177 g/mol. The molecule has 6 N–H and O–H groups in total. The normalized spacial score (nSPS) is 10.0. The highest BCUT2D eigenvalue weighted by Gasteiger charge is 2.14. The number of rotatable bonds is 2. The first-order valence-corrected chi connectivity index (χ1v) is 3.62. The molecule has 5 nitrogen and oxygen atoms in total. The molecule has 0 saturated carbocycles. The molecule has 0 rings (SSSR count). The van der Waals surface area contributed by atoms with Crippen molar-refractivity contribution in [3.05, 3.63) is 0 Å². The SMILES string of the molecule is CC(C)(C)OC(=O)NCCN.N. The second kappa shape index (κ2) is 5.79. The third-order valence-corrected chi connectivity index (χ3v) is 0.813. The molecule has 0 atom stereocenters. The first kappa shape index (κ1) is 13.8. The van der Waals surface area contributed by atoms with Gasteiger partial charge in [-0.15, -0.1) is 0 Å². The lowest BCUT2D eigenvalue weighted by Gasteiger charge is -2.19. The lowest BCUT2D eigenvalue weighted by Crippen LogP contribution is -2.35. The lowest BCUT2D eigenvalue weighted by molar-refractivity contribution is 0.0529. The summed E-state index contributed by atoms with van der Waals surface area (Å²) in [5.41, 5.74) is 4.74. The summed E-state index contributed by atoms with van der Waals surface area (Å²) in [4.78, 5) is 10.8. The zero-order valence-electron chi connectivity index (χ0n) is 8.02. The van der Waals surface area contributed by atoms with Crippen LogP contribution in [-0.2, 0) is 4.74 Å². The average molecular weight is 177 g/mol. The maximum absolute atomic E-state index is 10.8. The summed E-state index contributed by atoms with van der Waals surface area (Å²) in [5, 5.41) is 2.50. The van der Waals surface area contributed by atoms with Gasteiger partial charge >= 0.3 is 6.09 Å². The van der Waals surface area contributed by atoms with Crippen LogP contribution < -0.4 is 17.2 Å². The first-order chi connectivity index (χ1) is 4.95. The van der Waals surface area contributed by atoms with Gasteiger partial charge in [0.1, 0.15) is 5.60 Å². The number of hydrogen-bond acceptors (Lipinski definition) is 4. The molecule has 0 aromatic rings. The van der Waals surface area contributed by atoms with Gasteiger partial charge in [0.15, 0.2) is 0 Å². The van der Waals surface area contributed by atoms with Gasteiger partial charge in [0.05, 0.1) is 0 Å². The minimum atomic E-state index is -0.432. The second-order valence-electron chi connectivity index (χ2n) is 3.22. The number of ether oxygens (including phenoxy) is 1. The van der Waals surface area contributed by atoms with E-state index in [1.54, 1.807) is 0 Å². The molecular formula is C7H19N3O2. The molecule has 0 bridgehead atoms. The smallest absolute Gasteiger partial charge is 0.407 e. The van der Waals surface area contributed by atoms with E-state index in [2.05, 4.69) is 5.32 Å². The summed E-state index contributed by atoms with van der Waals surface area (Å²) >= 11 is 0. The highest BCUT2D eigenvalue weighted by atomic mass is 16.6. The molecule has 0 unspecified atom stereocenters. The molecule has 0 aromatic heterocycles. The number of alkyl carbamates (subject to hydrolysis) is 1. The Labute approximate surface area is 73.2 Å². The van der Waals surface area contributed by atoms with Crippen LogP contribution in [0.3, 0.4) is 0 Å². The Morgan fingerprint density at radius 1 is 1.50 bits per heavy atom. The van der Waals surface area contributed by atoms with Crippen LogP contribution in [0.15, 0.2) is 0 Å². The van der Waals surface area contributed by atoms with E-state index >= 15 is 0 Å². The topological polar surface area (TPSA) is 99.3 Å². The molecule has 0 fully saturated rings. The Bertz CT molecular complexity index is 131. The van der Waals surface area contributed by atoms with Crippen LogP contribution in [0, 0.1) is 0 Å². The number of carbonyl (C=O) groups is 1. The van der Waals surface area contributed by atoms with Crippen LogP contribution in [0.2, 0.25) is 0 Å². The van der Waals surface area contributed by atoms with E-state index in [9.17, 15) is 4.79 Å². The van der Waals surface area contributed by atoms with Crippen LogP contribution >= 0.6 is 0 Å². The fraction of sp³-hybridized carbons (Fsp3) is 0.857. The van der Waals surface area contributed by atoms with Crippen molar-refractivity contribution in [1.82, 2.24) is 11.5 Å². The second-order valence-corrected chi connectivity index (χ2v) is 3.22. The minimum Gasteiger partial charge on any atom is -0.444 e. The highest BCUT2D eigenvalue weighted by Crippen LogP contribution is 2.05. The number of hydrogen-bond donors (Lipinski definition) is 3. The van der Waals surface area contributed by atoms with Crippen molar-refractivity contribution >= 4 is 6.09 Å². The molecule has 0 heterocycles. The molecule has 0 saturated heterocycles. The largest absolute Gasteiger partial charge is 0.444 e. The Morgan fingerprint density at radius 2 is 2.00 bits per heavy atom. The number of carbonyl (C=O) groups excluding carboxylic acids is 1. The predicted octanol–water partition coefficient (Wildman–Crippen LogP) is 0.632. The third-order valence-electron chi connectivity index (χ3n) is 0.813. The average Bonchev–Trinajstić information content (AvgIpc) is 1.79. The van der Waals surface area contributed by atoms with E-state index in [0.717, 1.165) is 0 Å². The summed E-state index contributed by atoms with van der Waals surface area (Å²) < 4.78 is 4.93. The molecule has 12 heavy (non-hydrogen) atoms. The van der Waals surface area contributed by atoms with Gasteiger partial charge in [-0.2, -0.15) is 0 Å². The molecule has 0 aromatic carbocycles. The van der Waals surface area contributed by atoms with Crippen molar-refractivity contribution in [3.63, 3.8) is 0 Å². The van der Waals surface area contributed by atoms with E-state index in [4.69, 9.17) is 10.5 Å². The van der Waals surface area contributed by atoms with Crippen molar-refractivity contribution in [2.45, 2.75) is 26.4 Å². The summed E-state index contributed by atoms with van der Waals surface area (Å²) in [5.74, 6) is 0. The Hall–Kier alpha value is -0.810. The molecule has 0 aliphatic carbocycles. The molecule has 0 radical (unpaired) electrons. The van der Waals surface area contributed by atoms with Gasteiger partial charge in [0.25, 0.3) is 0 Å². The van der Waals surface area contributed by atoms with Crippen molar-refractivity contribution in [1.29, 1.82) is 0 Å². The number of nitrogens with two attached hydrogens (primary N) is 1. The van der Waals surface area contributed by atoms with Crippen molar-refractivity contribution in [2.24, 2.45) is 5.73 Å². The van der Waals surface area contributed by atoms with Crippen LogP contribution in [0.25, 0.3) is 0 Å². The summed E-state index contributed by atoms with van der Waals surface area (Å²) in [6.07, 6.45) is -0.414. The molecule has 5 heteroatoms. The minimum absolute atomic E-state index is 0. The van der Waals surface area contributed by atoms with Gasteiger partial charge in [-0.05, 0) is 20.8 Å². The maximum Gasteiger partial charge on any atom is 0.407 e. The van der Waals surface area contributed by atoms with Crippen LogP contribution in [0.5, 0.6) is 0 Å². The molecular weight excluding hydrogens is 158 g/mol. The molecule has 0 aliphatic rings. The third kappa shape index (κ3) is 9.19. The molecule has 74 valence electrons. The Balaban J connectivity index is 0. The van der Waals surface area contributed by atoms with E-state index in [1.807, 2.05) is 20.8 Å². The zero-order chi connectivity index (χ0) is 8.91. The van der Waals surface area contributed by atoms with Crippen LogP contribution in [0.1, 0.15) is 20.8 Å². The summed E-state index contributed by atoms with van der Waals surface area (Å²) in [6.45, 7) is 6.33. The lowest BCUT2D eigenvalue weighted by atomic mass is 10.2. The fourth-order valence-electron chi connectivity index (χ4n) is 0.488. The molecule has 0 aliphatic heterocycles. The molecule has 1 amide bonds. The highest BCUT2D eigenvalue weighted by molar-refractivity contribution is 5.67. The maximum atomic E-state index is 10.8. The van der Waals surface area contributed by atoms with Gasteiger partial charge in [0.2, 0.25) is 0 Å². The van der Waals surface area contributed by atoms with E-state index in [1.165, 1.54) is 0 Å². The Morgan fingerprint density at radius 3 is 2.33 bits per heavy atom. The van der Waals surface area contributed by atoms with E-state index < -0.39 is 11.7 Å². The summed E-state index contributed by atoms with van der Waals surface area (Å²) in [7, 11) is 0. The van der Waals surface area contributed by atoms with E-state index in [0.29, 0.717) is 13.1 Å². The van der Waals surface area contributed by atoms with E-state index in [-0.39, 0.29) is 6.15 Å². The van der Waals surface area contributed by atoms with Gasteiger partial charge in [-0.25, -0.2) is 4.79 Å². The standard InChI is InChI=1S/C7H16N2O2.H3N/c1-7(2,3)11-6(10)9-5-4-8;/h4-5,8H2,1-3H3,(H,9,10);1H3. The molecule has 0 spiro atoms. The Kier molecular flexibility index (Phi) is 6.64. The fourth-order valence-corrected chi connectivity index (χ4v) is 0.488. The van der Waals surface area contributed by atoms with Gasteiger partial charge in [0, 0.05) is 13.1 Å². The quantitative estimate of drug-likeness (QED) is 0.576. The van der Waals surface area contributed by atoms with Crippen LogP contribution in [0.4, 0.5) is 4.79 Å². The van der Waals surface area contributed by atoms with Crippen molar-refractivity contribution in [2.75, 3.05) is 13.1 Å². The summed E-state index contributed by atoms with van der Waals surface area (Å²) in [6, 6.07) is 0. The van der Waals surface area contributed by atoms with Crippen molar-refractivity contribution in [3.8, 4) is 0 Å². The predicted molar refractivity (Wildman–Crippen MR) is 48.3 cm³/mol. The zero-order valence-corrected chi connectivity index (χ0v) is 8.02.